The van der Waals surface area contributed by atoms with Gasteiger partial charge in [0.1, 0.15) is 0 Å². The molecule has 1 rings (SSSR count). The lowest BCUT2D eigenvalue weighted by Gasteiger charge is -2.27. The van der Waals surface area contributed by atoms with Gasteiger partial charge in [0.2, 0.25) is 0 Å². The number of hydrogen-bond acceptors (Lipinski definition) is 1. The maximum Gasteiger partial charge on any atom is 0.0996 e. The van der Waals surface area contributed by atoms with Crippen LogP contribution in [0.5, 0.6) is 0 Å². The molecule has 0 spiro atoms. The summed E-state index contributed by atoms with van der Waals surface area (Å²) in [6.07, 6.45) is 10.5. The van der Waals surface area contributed by atoms with Gasteiger partial charge in [0, 0.05) is 5.54 Å². The first-order valence-corrected chi connectivity index (χ1v) is 8.22. The van der Waals surface area contributed by atoms with Crippen LogP contribution in [0.4, 0.5) is 0 Å². The number of allylic oxidation sites excluding steroid dienone is 5. The van der Waals surface area contributed by atoms with Crippen LogP contribution in [0.25, 0.3) is 0 Å². The van der Waals surface area contributed by atoms with E-state index in [4.69, 9.17) is 4.74 Å². The van der Waals surface area contributed by atoms with E-state index in [1.165, 1.54) is 0 Å². The molecule has 0 saturated heterocycles. The van der Waals surface area contributed by atoms with Crippen LogP contribution in [0.1, 0.15) is 0 Å². The Morgan fingerprint density at radius 2 is 1.85 bits per heavy atom. The van der Waals surface area contributed by atoms with E-state index in [0.29, 0.717) is 5.54 Å². The molecule has 13 heavy (non-hydrogen) atoms. The van der Waals surface area contributed by atoms with Crippen LogP contribution in [-0.4, -0.2) is 15.2 Å². The van der Waals surface area contributed by atoms with Crippen molar-refractivity contribution in [3.8, 4) is 0 Å². The predicted molar refractivity (Wildman–Crippen MR) is 60.5 cm³/mol. The average molecular weight is 194 g/mol. The summed E-state index contributed by atoms with van der Waals surface area (Å²) in [6, 6.07) is 0. The van der Waals surface area contributed by atoms with E-state index in [0.717, 1.165) is 5.76 Å². The second kappa shape index (κ2) is 3.96. The molecule has 0 heterocycles. The zero-order valence-corrected chi connectivity index (χ0v) is 9.87. The Bertz CT molecular complexity index is 256. The molecule has 0 radical (unpaired) electrons. The fourth-order valence-corrected chi connectivity index (χ4v) is 3.25. The first-order valence-electron chi connectivity index (χ1n) is 4.65. The third-order valence-electron chi connectivity index (χ3n) is 2.26. The topological polar surface area (TPSA) is 9.23 Å². The summed E-state index contributed by atoms with van der Waals surface area (Å²) in [6.45, 7) is 7.08. The van der Waals surface area contributed by atoms with E-state index in [-0.39, 0.29) is 0 Å². The fraction of sp³-hybridized carbons (Fsp3) is 0.455. The van der Waals surface area contributed by atoms with Crippen molar-refractivity contribution in [2.24, 2.45) is 0 Å². The van der Waals surface area contributed by atoms with E-state index < -0.39 is 8.07 Å². The van der Waals surface area contributed by atoms with E-state index in [1.54, 1.807) is 7.11 Å². The van der Waals surface area contributed by atoms with Crippen molar-refractivity contribution in [3.05, 3.63) is 36.1 Å². The van der Waals surface area contributed by atoms with Crippen molar-refractivity contribution in [2.75, 3.05) is 7.11 Å². The molecular weight excluding hydrogens is 176 g/mol. The van der Waals surface area contributed by atoms with Crippen LogP contribution < -0.4 is 0 Å². The van der Waals surface area contributed by atoms with Crippen molar-refractivity contribution in [2.45, 2.75) is 25.2 Å². The van der Waals surface area contributed by atoms with E-state index in [1.807, 2.05) is 6.08 Å². The van der Waals surface area contributed by atoms with Gasteiger partial charge in [0.05, 0.1) is 20.9 Å². The Hall–Kier alpha value is -0.763. The van der Waals surface area contributed by atoms with Gasteiger partial charge >= 0.3 is 0 Å². The van der Waals surface area contributed by atoms with E-state index >= 15 is 0 Å². The van der Waals surface area contributed by atoms with Crippen molar-refractivity contribution in [1.29, 1.82) is 0 Å². The second-order valence-corrected chi connectivity index (χ2v) is 9.74. The zero-order valence-electron chi connectivity index (χ0n) is 8.87. The minimum absolute atomic E-state index is 0.507. The van der Waals surface area contributed by atoms with Gasteiger partial charge < -0.3 is 4.74 Å². The molecule has 0 saturated carbocycles. The van der Waals surface area contributed by atoms with Crippen LogP contribution in [-0.2, 0) is 4.74 Å². The summed E-state index contributed by atoms with van der Waals surface area (Å²) < 4.78 is 5.40. The Kier molecular flexibility index (Phi) is 3.15. The molecule has 0 aromatic rings. The van der Waals surface area contributed by atoms with Crippen LogP contribution in [0.3, 0.4) is 0 Å². The maximum absolute atomic E-state index is 5.40. The molecule has 72 valence electrons. The highest BCUT2D eigenvalue weighted by atomic mass is 28.3. The quantitative estimate of drug-likeness (QED) is 0.613. The molecule has 1 aliphatic rings. The first-order chi connectivity index (χ1) is 6.05. The molecule has 0 N–H and O–H groups in total. The summed E-state index contributed by atoms with van der Waals surface area (Å²) >= 11 is 0. The van der Waals surface area contributed by atoms with E-state index in [9.17, 15) is 0 Å². The molecule has 0 unspecified atom stereocenters. The summed E-state index contributed by atoms with van der Waals surface area (Å²) in [4.78, 5) is 0. The highest BCUT2D eigenvalue weighted by Gasteiger charge is 2.28. The minimum Gasteiger partial charge on any atom is -0.501 e. The number of methoxy groups -OCH3 is 1. The summed E-state index contributed by atoms with van der Waals surface area (Å²) in [5.74, 6) is 1.10. The Morgan fingerprint density at radius 1 is 1.15 bits per heavy atom. The first kappa shape index (κ1) is 10.3. The van der Waals surface area contributed by atoms with E-state index in [2.05, 4.69) is 43.9 Å². The number of ether oxygens (including phenoxy) is 1. The molecule has 2 heteroatoms. The highest BCUT2D eigenvalue weighted by Crippen LogP contribution is 2.32. The molecule has 0 aromatic heterocycles. The van der Waals surface area contributed by atoms with Crippen LogP contribution in [0, 0.1) is 0 Å². The standard InChI is InChI=1S/C11H18OSi/c1-12-10-8-6-5-7-9-11(10)13(2,3)4/h5-9,11H,1-4H3/t11-/m1/s1. The van der Waals surface area contributed by atoms with Crippen LogP contribution >= 0.6 is 0 Å². The van der Waals surface area contributed by atoms with Crippen molar-refractivity contribution in [1.82, 2.24) is 0 Å². The number of hydrogen-bond donors (Lipinski definition) is 0. The zero-order chi connectivity index (χ0) is 9.90. The largest absolute Gasteiger partial charge is 0.501 e. The lowest BCUT2D eigenvalue weighted by atomic mass is 10.3. The lowest BCUT2D eigenvalue weighted by Crippen LogP contribution is -2.28. The SMILES string of the molecule is COC1=CC=CC=C[C@H]1[Si](C)(C)C. The predicted octanol–water partition coefficient (Wildman–Crippen LogP) is 3.35. The summed E-state index contributed by atoms with van der Waals surface area (Å²) in [5.41, 5.74) is 0.507. The van der Waals surface area contributed by atoms with Crippen molar-refractivity contribution in [3.63, 3.8) is 0 Å². The Labute approximate surface area is 81.8 Å². The number of rotatable bonds is 2. The monoisotopic (exact) mass is 194 g/mol. The van der Waals surface area contributed by atoms with Gasteiger partial charge in [-0.05, 0) is 6.08 Å². The van der Waals surface area contributed by atoms with Gasteiger partial charge in [-0.25, -0.2) is 0 Å². The van der Waals surface area contributed by atoms with Crippen LogP contribution in [0.2, 0.25) is 25.2 Å². The summed E-state index contributed by atoms with van der Waals surface area (Å²) in [7, 11) is 0.563. The van der Waals surface area contributed by atoms with Gasteiger partial charge in [-0.15, -0.1) is 0 Å². The molecule has 0 fully saturated rings. The molecule has 1 nitrogen and oxygen atoms in total. The lowest BCUT2D eigenvalue weighted by molar-refractivity contribution is 0.283. The molecule has 0 aromatic carbocycles. The highest BCUT2D eigenvalue weighted by molar-refractivity contribution is 6.78. The van der Waals surface area contributed by atoms with Crippen LogP contribution in [0.15, 0.2) is 36.1 Å². The molecular formula is C11H18OSi. The Morgan fingerprint density at radius 3 is 2.38 bits per heavy atom. The second-order valence-electron chi connectivity index (χ2n) is 4.39. The van der Waals surface area contributed by atoms with Gasteiger partial charge in [-0.2, -0.15) is 0 Å². The normalized spacial score (nSPS) is 22.5. The molecule has 1 aliphatic carbocycles. The van der Waals surface area contributed by atoms with Crippen molar-refractivity contribution >= 4 is 8.07 Å². The van der Waals surface area contributed by atoms with Gasteiger partial charge in [0.25, 0.3) is 0 Å². The molecule has 0 aliphatic heterocycles. The van der Waals surface area contributed by atoms with Gasteiger partial charge in [0.15, 0.2) is 0 Å². The smallest absolute Gasteiger partial charge is 0.0996 e. The summed E-state index contributed by atoms with van der Waals surface area (Å²) in [5, 5.41) is 0. The average Bonchev–Trinajstić information content (AvgIpc) is 2.26. The maximum atomic E-state index is 5.40. The molecule has 0 bridgehead atoms. The molecule has 1 atom stereocenters. The van der Waals surface area contributed by atoms with Gasteiger partial charge in [-0.1, -0.05) is 43.9 Å². The third kappa shape index (κ3) is 2.59. The van der Waals surface area contributed by atoms with Gasteiger partial charge in [-0.3, -0.25) is 0 Å². The molecule has 0 amide bonds. The fourth-order valence-electron chi connectivity index (χ4n) is 1.50. The van der Waals surface area contributed by atoms with Crippen molar-refractivity contribution < 1.29 is 4.74 Å². The minimum atomic E-state index is -1.19. The third-order valence-corrected chi connectivity index (χ3v) is 4.60. The Balaban J connectivity index is 2.95.